The second-order valence-electron chi connectivity index (χ2n) is 3.48. The predicted molar refractivity (Wildman–Crippen MR) is 55.6 cm³/mol. The smallest absolute Gasteiger partial charge is 0.155 e. The maximum Gasteiger partial charge on any atom is 0.155 e. The lowest BCUT2D eigenvalue weighted by atomic mass is 10.1. The van der Waals surface area contributed by atoms with Crippen molar-refractivity contribution in [2.75, 3.05) is 0 Å². The molecule has 2 unspecified atom stereocenters. The molecule has 0 aliphatic carbocycles. The monoisotopic (exact) mass is 190 g/mol. The first-order valence-corrected chi connectivity index (χ1v) is 4.91. The van der Waals surface area contributed by atoms with Gasteiger partial charge in [-0.05, 0) is 12.0 Å². The third-order valence-corrected chi connectivity index (χ3v) is 2.33. The van der Waals surface area contributed by atoms with Gasteiger partial charge in [0, 0.05) is 6.42 Å². The second-order valence-corrected chi connectivity index (χ2v) is 3.48. The van der Waals surface area contributed by atoms with E-state index in [1.165, 1.54) is 0 Å². The zero-order valence-corrected chi connectivity index (χ0v) is 7.97. The van der Waals surface area contributed by atoms with E-state index < -0.39 is 6.29 Å². The lowest BCUT2D eigenvalue weighted by molar-refractivity contribution is -0.0776. The lowest BCUT2D eigenvalue weighted by Gasteiger charge is -2.03. The summed E-state index contributed by atoms with van der Waals surface area (Å²) in [7, 11) is 0. The molecule has 14 heavy (non-hydrogen) atoms. The lowest BCUT2D eigenvalue weighted by Crippen LogP contribution is -2.06. The summed E-state index contributed by atoms with van der Waals surface area (Å²) in [6.07, 6.45) is 5.19. The number of ether oxygens (including phenoxy) is 1. The topological polar surface area (TPSA) is 29.5 Å². The van der Waals surface area contributed by atoms with Crippen molar-refractivity contribution in [1.82, 2.24) is 0 Å². The summed E-state index contributed by atoms with van der Waals surface area (Å²) < 4.78 is 5.25. The fourth-order valence-electron chi connectivity index (χ4n) is 1.57. The minimum absolute atomic E-state index is 0.0743. The molecule has 0 radical (unpaired) electrons. The SMILES string of the molecule is OC1CCC(/C=C/c2ccccc2)O1. The zero-order chi connectivity index (χ0) is 9.80. The average Bonchev–Trinajstić information content (AvgIpc) is 2.63. The average molecular weight is 190 g/mol. The summed E-state index contributed by atoms with van der Waals surface area (Å²) in [5.41, 5.74) is 1.16. The summed E-state index contributed by atoms with van der Waals surface area (Å²) >= 11 is 0. The minimum Gasteiger partial charge on any atom is -0.368 e. The van der Waals surface area contributed by atoms with Crippen molar-refractivity contribution >= 4 is 6.08 Å². The van der Waals surface area contributed by atoms with Gasteiger partial charge in [0.15, 0.2) is 6.29 Å². The molecule has 0 amide bonds. The highest BCUT2D eigenvalue weighted by atomic mass is 16.6. The van der Waals surface area contributed by atoms with Crippen LogP contribution in [0, 0.1) is 0 Å². The highest BCUT2D eigenvalue weighted by Gasteiger charge is 2.20. The van der Waals surface area contributed by atoms with Crippen molar-refractivity contribution in [1.29, 1.82) is 0 Å². The molecular formula is C12H14O2. The van der Waals surface area contributed by atoms with Crippen LogP contribution >= 0.6 is 0 Å². The molecule has 1 aliphatic heterocycles. The molecule has 74 valence electrons. The Morgan fingerprint density at radius 1 is 1.21 bits per heavy atom. The van der Waals surface area contributed by atoms with E-state index in [1.54, 1.807) is 0 Å². The van der Waals surface area contributed by atoms with Crippen LogP contribution in [0.5, 0.6) is 0 Å². The van der Waals surface area contributed by atoms with Crippen LogP contribution in [-0.4, -0.2) is 17.5 Å². The zero-order valence-electron chi connectivity index (χ0n) is 7.97. The molecule has 1 aromatic rings. The van der Waals surface area contributed by atoms with Crippen molar-refractivity contribution in [2.24, 2.45) is 0 Å². The van der Waals surface area contributed by atoms with Gasteiger partial charge in [-0.15, -0.1) is 0 Å². The van der Waals surface area contributed by atoms with Crippen LogP contribution in [-0.2, 0) is 4.74 Å². The number of hydrogen-bond donors (Lipinski definition) is 1. The molecule has 1 heterocycles. The van der Waals surface area contributed by atoms with E-state index in [9.17, 15) is 0 Å². The summed E-state index contributed by atoms with van der Waals surface area (Å²) in [4.78, 5) is 0. The maximum atomic E-state index is 9.14. The van der Waals surface area contributed by atoms with E-state index in [0.29, 0.717) is 0 Å². The first-order valence-electron chi connectivity index (χ1n) is 4.91. The van der Waals surface area contributed by atoms with Crippen molar-refractivity contribution in [2.45, 2.75) is 25.2 Å². The van der Waals surface area contributed by atoms with E-state index >= 15 is 0 Å². The number of rotatable bonds is 2. The van der Waals surface area contributed by atoms with Gasteiger partial charge in [-0.25, -0.2) is 0 Å². The molecule has 1 saturated heterocycles. The molecule has 0 bridgehead atoms. The van der Waals surface area contributed by atoms with E-state index in [1.807, 2.05) is 42.5 Å². The molecular weight excluding hydrogens is 176 g/mol. The maximum absolute atomic E-state index is 9.14. The summed E-state index contributed by atoms with van der Waals surface area (Å²) in [6.45, 7) is 0. The number of aliphatic hydroxyl groups excluding tert-OH is 1. The Morgan fingerprint density at radius 2 is 2.00 bits per heavy atom. The van der Waals surface area contributed by atoms with E-state index in [4.69, 9.17) is 9.84 Å². The van der Waals surface area contributed by atoms with Crippen LogP contribution in [0.4, 0.5) is 0 Å². The molecule has 2 atom stereocenters. The van der Waals surface area contributed by atoms with Gasteiger partial charge in [0.2, 0.25) is 0 Å². The summed E-state index contributed by atoms with van der Waals surface area (Å²) in [6, 6.07) is 10.1. The number of hydrogen-bond acceptors (Lipinski definition) is 2. The predicted octanol–water partition coefficient (Wildman–Crippen LogP) is 2.20. The Bertz CT molecular complexity index is 305. The Morgan fingerprint density at radius 3 is 2.64 bits per heavy atom. The second kappa shape index (κ2) is 4.40. The first kappa shape index (κ1) is 9.44. The fourth-order valence-corrected chi connectivity index (χ4v) is 1.57. The molecule has 2 heteroatoms. The Labute approximate surface area is 83.8 Å². The van der Waals surface area contributed by atoms with Crippen LogP contribution in [0.1, 0.15) is 18.4 Å². The molecule has 0 saturated carbocycles. The van der Waals surface area contributed by atoms with Crippen LogP contribution < -0.4 is 0 Å². The van der Waals surface area contributed by atoms with Gasteiger partial charge in [0.1, 0.15) is 0 Å². The third kappa shape index (κ3) is 2.44. The molecule has 2 rings (SSSR count). The Kier molecular flexibility index (Phi) is 2.96. The van der Waals surface area contributed by atoms with Gasteiger partial charge >= 0.3 is 0 Å². The summed E-state index contributed by atoms with van der Waals surface area (Å²) in [5.74, 6) is 0. The van der Waals surface area contributed by atoms with Crippen LogP contribution in [0.25, 0.3) is 6.08 Å². The Hall–Kier alpha value is -1.12. The quantitative estimate of drug-likeness (QED) is 0.774. The highest BCUT2D eigenvalue weighted by molar-refractivity contribution is 5.49. The van der Waals surface area contributed by atoms with Gasteiger partial charge in [-0.2, -0.15) is 0 Å². The van der Waals surface area contributed by atoms with Crippen molar-refractivity contribution in [3.05, 3.63) is 42.0 Å². The van der Waals surface area contributed by atoms with Gasteiger partial charge in [0.25, 0.3) is 0 Å². The number of benzene rings is 1. The first-order chi connectivity index (χ1) is 6.84. The normalized spacial score (nSPS) is 27.2. The number of aliphatic hydroxyl groups is 1. The molecule has 0 aromatic heterocycles. The van der Waals surface area contributed by atoms with E-state index in [0.717, 1.165) is 18.4 Å². The standard InChI is InChI=1S/C12H14O2/c13-12-9-8-11(14-12)7-6-10-4-2-1-3-5-10/h1-7,11-13H,8-9H2/b7-6+. The fraction of sp³-hybridized carbons (Fsp3) is 0.333. The van der Waals surface area contributed by atoms with Gasteiger partial charge in [-0.1, -0.05) is 42.5 Å². The van der Waals surface area contributed by atoms with Crippen LogP contribution in [0.2, 0.25) is 0 Å². The largest absolute Gasteiger partial charge is 0.368 e. The van der Waals surface area contributed by atoms with E-state index in [-0.39, 0.29) is 6.10 Å². The highest BCUT2D eigenvalue weighted by Crippen LogP contribution is 2.19. The van der Waals surface area contributed by atoms with Gasteiger partial charge in [-0.3, -0.25) is 0 Å². The van der Waals surface area contributed by atoms with Gasteiger partial charge < -0.3 is 9.84 Å². The molecule has 1 aromatic carbocycles. The minimum atomic E-state index is -0.569. The molecule has 1 N–H and O–H groups in total. The Balaban J connectivity index is 1.94. The molecule has 0 spiro atoms. The van der Waals surface area contributed by atoms with Crippen LogP contribution in [0.3, 0.4) is 0 Å². The van der Waals surface area contributed by atoms with Gasteiger partial charge in [0.05, 0.1) is 6.10 Å². The van der Waals surface area contributed by atoms with Crippen LogP contribution in [0.15, 0.2) is 36.4 Å². The van der Waals surface area contributed by atoms with Crippen molar-refractivity contribution < 1.29 is 9.84 Å². The van der Waals surface area contributed by atoms with Crippen molar-refractivity contribution in [3.63, 3.8) is 0 Å². The summed E-state index contributed by atoms with van der Waals surface area (Å²) in [5, 5.41) is 9.14. The molecule has 2 nitrogen and oxygen atoms in total. The molecule has 1 aliphatic rings. The third-order valence-electron chi connectivity index (χ3n) is 2.33. The van der Waals surface area contributed by atoms with E-state index in [2.05, 4.69) is 0 Å². The van der Waals surface area contributed by atoms with Crippen molar-refractivity contribution in [3.8, 4) is 0 Å². The molecule has 1 fully saturated rings.